The minimum absolute atomic E-state index is 0.0846. The standard InChI is InChI=1S/C26H21ClF4N2O2/c1-15-4-2-3-5-18(15)25(35)33-11-10-19-17(14-33)7-9-21(27)24(19)32-23(34)13-16-6-8-20(22(28)12-16)26(29,30)31/h2-9,12H,10-11,13-14H2,1H3,(H,32,34). The molecule has 3 aromatic carbocycles. The maximum absolute atomic E-state index is 13.9. The minimum atomic E-state index is -4.81. The van der Waals surface area contributed by atoms with E-state index in [0.717, 1.165) is 22.8 Å². The molecule has 9 heteroatoms. The molecule has 4 rings (SSSR count). The second-order valence-electron chi connectivity index (χ2n) is 8.39. The lowest BCUT2D eigenvalue weighted by atomic mass is 9.96. The number of anilines is 1. The predicted molar refractivity (Wildman–Crippen MR) is 125 cm³/mol. The highest BCUT2D eigenvalue weighted by Gasteiger charge is 2.34. The molecule has 0 atom stereocenters. The highest BCUT2D eigenvalue weighted by atomic mass is 35.5. The van der Waals surface area contributed by atoms with Gasteiger partial charge in [-0.25, -0.2) is 4.39 Å². The zero-order chi connectivity index (χ0) is 25.3. The van der Waals surface area contributed by atoms with Crippen LogP contribution >= 0.6 is 11.6 Å². The Morgan fingerprint density at radius 3 is 2.51 bits per heavy atom. The summed E-state index contributed by atoms with van der Waals surface area (Å²) in [4.78, 5) is 27.4. The predicted octanol–water partition coefficient (Wildman–Crippen LogP) is 6.19. The van der Waals surface area contributed by atoms with E-state index < -0.39 is 23.5 Å². The number of carbonyl (C=O) groups is 2. The van der Waals surface area contributed by atoms with Crippen LogP contribution in [-0.4, -0.2) is 23.3 Å². The number of amides is 2. The number of alkyl halides is 3. The van der Waals surface area contributed by atoms with Crippen LogP contribution in [0.4, 0.5) is 23.2 Å². The molecule has 4 nitrogen and oxygen atoms in total. The summed E-state index contributed by atoms with van der Waals surface area (Å²) in [6.07, 6.45) is -4.68. The van der Waals surface area contributed by atoms with Crippen LogP contribution < -0.4 is 5.32 Å². The van der Waals surface area contributed by atoms with E-state index in [9.17, 15) is 27.2 Å². The second-order valence-corrected chi connectivity index (χ2v) is 8.80. The SMILES string of the molecule is Cc1ccccc1C(=O)N1CCc2c(ccc(Cl)c2NC(=O)Cc2ccc(C(F)(F)F)c(F)c2)C1. The molecule has 0 radical (unpaired) electrons. The third-order valence-electron chi connectivity index (χ3n) is 5.98. The van der Waals surface area contributed by atoms with E-state index in [1.807, 2.05) is 25.1 Å². The Balaban J connectivity index is 1.50. The largest absolute Gasteiger partial charge is 0.419 e. The first kappa shape index (κ1) is 24.7. The molecule has 0 fully saturated rings. The van der Waals surface area contributed by atoms with Gasteiger partial charge in [0.05, 0.1) is 22.7 Å². The molecule has 1 N–H and O–H groups in total. The van der Waals surface area contributed by atoms with E-state index in [4.69, 9.17) is 11.6 Å². The molecular formula is C26H21ClF4N2O2. The monoisotopic (exact) mass is 504 g/mol. The lowest BCUT2D eigenvalue weighted by Gasteiger charge is -2.31. The molecule has 1 heterocycles. The first-order valence-electron chi connectivity index (χ1n) is 10.8. The smallest absolute Gasteiger partial charge is 0.334 e. The van der Waals surface area contributed by atoms with Crippen molar-refractivity contribution in [3.8, 4) is 0 Å². The van der Waals surface area contributed by atoms with Crippen molar-refractivity contribution in [2.45, 2.75) is 32.5 Å². The van der Waals surface area contributed by atoms with Gasteiger partial charge in [-0.1, -0.05) is 41.9 Å². The summed E-state index contributed by atoms with van der Waals surface area (Å²) in [5.74, 6) is -2.06. The fraction of sp³-hybridized carbons (Fsp3) is 0.231. The molecule has 0 spiro atoms. The van der Waals surface area contributed by atoms with Crippen molar-refractivity contribution < 1.29 is 27.2 Å². The van der Waals surface area contributed by atoms with Gasteiger partial charge in [-0.05, 0) is 59.9 Å². The number of aryl methyl sites for hydroxylation is 1. The van der Waals surface area contributed by atoms with Crippen molar-refractivity contribution in [2.24, 2.45) is 0 Å². The van der Waals surface area contributed by atoms with Crippen molar-refractivity contribution in [1.82, 2.24) is 4.90 Å². The summed E-state index contributed by atoms with van der Waals surface area (Å²) in [5, 5.41) is 3.02. The number of nitrogens with zero attached hydrogens (tertiary/aromatic N) is 1. The van der Waals surface area contributed by atoms with E-state index in [2.05, 4.69) is 5.32 Å². The minimum Gasteiger partial charge on any atom is -0.334 e. The summed E-state index contributed by atoms with van der Waals surface area (Å²) in [6, 6.07) is 13.2. The van der Waals surface area contributed by atoms with Crippen molar-refractivity contribution in [1.29, 1.82) is 0 Å². The Morgan fingerprint density at radius 2 is 1.83 bits per heavy atom. The molecule has 0 unspecified atom stereocenters. The Bertz CT molecular complexity index is 1310. The van der Waals surface area contributed by atoms with Crippen LogP contribution in [0.25, 0.3) is 0 Å². The van der Waals surface area contributed by atoms with E-state index in [1.54, 1.807) is 23.1 Å². The van der Waals surface area contributed by atoms with Crippen LogP contribution in [0.1, 0.15) is 38.2 Å². The van der Waals surface area contributed by atoms with Crippen molar-refractivity contribution >= 4 is 29.1 Å². The molecule has 2 amide bonds. The van der Waals surface area contributed by atoms with Gasteiger partial charge in [0.15, 0.2) is 0 Å². The number of nitrogens with one attached hydrogen (secondary N) is 1. The fourth-order valence-electron chi connectivity index (χ4n) is 4.19. The van der Waals surface area contributed by atoms with Gasteiger partial charge in [-0.3, -0.25) is 9.59 Å². The molecular weight excluding hydrogens is 484 g/mol. The third kappa shape index (κ3) is 5.32. The molecule has 0 saturated heterocycles. The highest BCUT2D eigenvalue weighted by molar-refractivity contribution is 6.34. The quantitative estimate of drug-likeness (QED) is 0.431. The number of hydrogen-bond acceptors (Lipinski definition) is 2. The normalized spacial score (nSPS) is 13.4. The van der Waals surface area contributed by atoms with Gasteiger partial charge in [0.2, 0.25) is 5.91 Å². The van der Waals surface area contributed by atoms with Gasteiger partial charge in [0, 0.05) is 18.7 Å². The number of halogens is 5. The molecule has 0 saturated carbocycles. The van der Waals surface area contributed by atoms with E-state index in [1.165, 1.54) is 0 Å². The summed E-state index contributed by atoms with van der Waals surface area (Å²) >= 11 is 6.34. The van der Waals surface area contributed by atoms with Crippen LogP contribution in [0, 0.1) is 12.7 Å². The fourth-order valence-corrected chi connectivity index (χ4v) is 4.41. The Morgan fingerprint density at radius 1 is 1.09 bits per heavy atom. The summed E-state index contributed by atoms with van der Waals surface area (Å²) in [7, 11) is 0. The van der Waals surface area contributed by atoms with Gasteiger partial charge in [-0.2, -0.15) is 13.2 Å². The van der Waals surface area contributed by atoms with E-state index >= 15 is 0 Å². The lowest BCUT2D eigenvalue weighted by Crippen LogP contribution is -2.36. The average molecular weight is 505 g/mol. The van der Waals surface area contributed by atoms with Crippen molar-refractivity contribution in [3.05, 3.63) is 98.8 Å². The number of carbonyl (C=O) groups excluding carboxylic acids is 2. The molecule has 0 aliphatic carbocycles. The van der Waals surface area contributed by atoms with Gasteiger partial charge in [0.1, 0.15) is 5.82 Å². The van der Waals surface area contributed by atoms with Gasteiger partial charge in [-0.15, -0.1) is 0 Å². The lowest BCUT2D eigenvalue weighted by molar-refractivity contribution is -0.140. The van der Waals surface area contributed by atoms with Gasteiger partial charge < -0.3 is 10.2 Å². The van der Waals surface area contributed by atoms with E-state index in [-0.39, 0.29) is 17.9 Å². The first-order valence-corrected chi connectivity index (χ1v) is 11.2. The number of rotatable bonds is 4. The zero-order valence-electron chi connectivity index (χ0n) is 18.7. The summed E-state index contributed by atoms with van der Waals surface area (Å²) in [5.41, 5.74) is 2.24. The molecule has 0 bridgehead atoms. The summed E-state index contributed by atoms with van der Waals surface area (Å²) < 4.78 is 52.2. The molecule has 0 aromatic heterocycles. The van der Waals surface area contributed by atoms with E-state index in [0.29, 0.717) is 47.9 Å². The Hall–Kier alpha value is -3.39. The second kappa shape index (κ2) is 9.70. The Kier molecular flexibility index (Phi) is 6.85. The van der Waals surface area contributed by atoms with Gasteiger partial charge >= 0.3 is 6.18 Å². The van der Waals surface area contributed by atoms with Gasteiger partial charge in [0.25, 0.3) is 5.91 Å². The maximum atomic E-state index is 13.9. The Labute approximate surface area is 204 Å². The average Bonchev–Trinajstić information content (AvgIpc) is 2.79. The zero-order valence-corrected chi connectivity index (χ0v) is 19.4. The molecule has 182 valence electrons. The van der Waals surface area contributed by atoms with Crippen LogP contribution in [0.5, 0.6) is 0 Å². The number of hydrogen-bond donors (Lipinski definition) is 1. The van der Waals surface area contributed by atoms with Crippen molar-refractivity contribution in [2.75, 3.05) is 11.9 Å². The summed E-state index contributed by atoms with van der Waals surface area (Å²) in [6.45, 7) is 2.64. The number of fused-ring (bicyclic) bond motifs is 1. The highest BCUT2D eigenvalue weighted by Crippen LogP contribution is 2.34. The maximum Gasteiger partial charge on any atom is 0.419 e. The topological polar surface area (TPSA) is 49.4 Å². The number of benzene rings is 3. The van der Waals surface area contributed by atoms with Crippen LogP contribution in [0.2, 0.25) is 5.02 Å². The van der Waals surface area contributed by atoms with Crippen LogP contribution in [0.15, 0.2) is 54.6 Å². The molecule has 35 heavy (non-hydrogen) atoms. The molecule has 1 aliphatic heterocycles. The first-order chi connectivity index (χ1) is 16.5. The van der Waals surface area contributed by atoms with Crippen molar-refractivity contribution in [3.63, 3.8) is 0 Å². The molecule has 3 aromatic rings. The van der Waals surface area contributed by atoms with Crippen LogP contribution in [-0.2, 0) is 30.4 Å². The van der Waals surface area contributed by atoms with Crippen LogP contribution in [0.3, 0.4) is 0 Å². The molecule has 1 aliphatic rings. The third-order valence-corrected chi connectivity index (χ3v) is 6.30.